The summed E-state index contributed by atoms with van der Waals surface area (Å²) in [4.78, 5) is 16.9. The first-order valence-corrected chi connectivity index (χ1v) is 8.54. The van der Waals surface area contributed by atoms with E-state index in [1.165, 1.54) is 16.9 Å². The molecule has 110 valence electrons. The molecule has 1 aromatic heterocycles. The number of aryl methyl sites for hydroxylation is 2. The summed E-state index contributed by atoms with van der Waals surface area (Å²) in [6.07, 6.45) is 4.64. The van der Waals surface area contributed by atoms with Crippen LogP contribution in [0.3, 0.4) is 0 Å². The Morgan fingerprint density at radius 2 is 2.15 bits per heavy atom. The lowest BCUT2D eigenvalue weighted by Gasteiger charge is -2.38. The summed E-state index contributed by atoms with van der Waals surface area (Å²) in [5.41, 5.74) is 1.76. The van der Waals surface area contributed by atoms with Gasteiger partial charge in [0.15, 0.2) is 0 Å². The van der Waals surface area contributed by atoms with Crippen LogP contribution in [0.5, 0.6) is 0 Å². The quantitative estimate of drug-likeness (QED) is 0.909. The molecule has 20 heavy (non-hydrogen) atoms. The standard InChI is InChI=1S/C16H24N2OS/c1-3-13-12(2)10-14(20-13)15(19)18-8-5-16(6-9-18)4-7-17-11-16/h10,17H,3-9,11H2,1-2H3. The second-order valence-corrected chi connectivity index (χ2v) is 7.43. The monoisotopic (exact) mass is 292 g/mol. The predicted molar refractivity (Wildman–Crippen MR) is 83.5 cm³/mol. The molecule has 0 aromatic carbocycles. The molecule has 3 rings (SSSR count). The van der Waals surface area contributed by atoms with Crippen molar-refractivity contribution in [1.82, 2.24) is 10.2 Å². The molecule has 0 saturated carbocycles. The minimum atomic E-state index is 0.249. The van der Waals surface area contributed by atoms with Crippen LogP contribution in [0.15, 0.2) is 6.07 Å². The van der Waals surface area contributed by atoms with Crippen LogP contribution in [0.4, 0.5) is 0 Å². The number of thiophene rings is 1. The Bertz CT molecular complexity index is 493. The molecule has 1 spiro atoms. The summed E-state index contributed by atoms with van der Waals surface area (Å²) in [7, 11) is 0. The van der Waals surface area contributed by atoms with Crippen LogP contribution in [-0.4, -0.2) is 37.0 Å². The SMILES string of the molecule is CCc1sc(C(=O)N2CCC3(CCNC3)CC2)cc1C. The van der Waals surface area contributed by atoms with Gasteiger partial charge in [-0.25, -0.2) is 0 Å². The zero-order valence-corrected chi connectivity index (χ0v) is 13.3. The zero-order chi connectivity index (χ0) is 14.2. The topological polar surface area (TPSA) is 32.3 Å². The third-order valence-corrected chi connectivity index (χ3v) is 6.37. The number of nitrogens with one attached hydrogen (secondary N) is 1. The second-order valence-electron chi connectivity index (χ2n) is 6.29. The fourth-order valence-electron chi connectivity index (χ4n) is 3.54. The molecule has 0 bridgehead atoms. The first-order valence-electron chi connectivity index (χ1n) is 7.73. The first-order chi connectivity index (χ1) is 9.63. The Balaban J connectivity index is 1.66. The van der Waals surface area contributed by atoms with Crippen LogP contribution < -0.4 is 5.32 Å². The fourth-order valence-corrected chi connectivity index (χ4v) is 4.62. The molecule has 2 saturated heterocycles. The molecular weight excluding hydrogens is 268 g/mol. The molecule has 1 N–H and O–H groups in total. The summed E-state index contributed by atoms with van der Waals surface area (Å²) >= 11 is 1.68. The highest BCUT2D eigenvalue weighted by Gasteiger charge is 2.38. The molecule has 2 fully saturated rings. The van der Waals surface area contributed by atoms with Crippen LogP contribution in [0.2, 0.25) is 0 Å². The van der Waals surface area contributed by atoms with Crippen LogP contribution in [-0.2, 0) is 6.42 Å². The van der Waals surface area contributed by atoms with Crippen molar-refractivity contribution in [3.63, 3.8) is 0 Å². The molecular formula is C16H24N2OS. The number of carbonyl (C=O) groups is 1. The second kappa shape index (κ2) is 5.49. The van der Waals surface area contributed by atoms with Crippen molar-refractivity contribution >= 4 is 17.2 Å². The molecule has 2 aliphatic rings. The van der Waals surface area contributed by atoms with Gasteiger partial charge >= 0.3 is 0 Å². The Kier molecular flexibility index (Phi) is 3.87. The van der Waals surface area contributed by atoms with E-state index in [1.807, 2.05) is 0 Å². The Morgan fingerprint density at radius 3 is 2.70 bits per heavy atom. The molecule has 3 heterocycles. The molecule has 0 radical (unpaired) electrons. The van der Waals surface area contributed by atoms with E-state index in [9.17, 15) is 4.79 Å². The van der Waals surface area contributed by atoms with Crippen molar-refractivity contribution in [3.8, 4) is 0 Å². The van der Waals surface area contributed by atoms with Gasteiger partial charge in [-0.15, -0.1) is 11.3 Å². The van der Waals surface area contributed by atoms with Gasteiger partial charge in [0.05, 0.1) is 4.88 Å². The Hall–Kier alpha value is -0.870. The van der Waals surface area contributed by atoms with E-state index >= 15 is 0 Å². The largest absolute Gasteiger partial charge is 0.338 e. The summed E-state index contributed by atoms with van der Waals surface area (Å²) in [6.45, 7) is 8.43. The highest BCUT2D eigenvalue weighted by Crippen LogP contribution is 2.37. The normalized spacial score (nSPS) is 21.6. The summed E-state index contributed by atoms with van der Waals surface area (Å²) in [5.74, 6) is 0.249. The van der Waals surface area contributed by atoms with E-state index < -0.39 is 0 Å². The molecule has 0 atom stereocenters. The lowest BCUT2D eigenvalue weighted by Crippen LogP contribution is -2.43. The first kappa shape index (κ1) is 14.1. The zero-order valence-electron chi connectivity index (χ0n) is 12.5. The molecule has 4 heteroatoms. The number of nitrogens with zero attached hydrogens (tertiary/aromatic N) is 1. The molecule has 2 aliphatic heterocycles. The van der Waals surface area contributed by atoms with E-state index in [0.29, 0.717) is 5.41 Å². The van der Waals surface area contributed by atoms with Crippen LogP contribution in [0, 0.1) is 12.3 Å². The third kappa shape index (κ3) is 2.51. The van der Waals surface area contributed by atoms with Gasteiger partial charge in [-0.05, 0) is 56.2 Å². The molecule has 1 amide bonds. The third-order valence-electron chi connectivity index (χ3n) is 5.00. The maximum Gasteiger partial charge on any atom is 0.263 e. The number of likely N-dealkylation sites (tertiary alicyclic amines) is 1. The van der Waals surface area contributed by atoms with Crippen LogP contribution in [0.1, 0.15) is 46.3 Å². The van der Waals surface area contributed by atoms with Gasteiger partial charge in [-0.3, -0.25) is 4.79 Å². The van der Waals surface area contributed by atoms with E-state index in [2.05, 4.69) is 30.1 Å². The smallest absolute Gasteiger partial charge is 0.263 e. The minimum Gasteiger partial charge on any atom is -0.338 e. The van der Waals surface area contributed by atoms with Crippen LogP contribution in [0.25, 0.3) is 0 Å². The van der Waals surface area contributed by atoms with Gasteiger partial charge < -0.3 is 10.2 Å². The Labute approximate surface area is 125 Å². The average Bonchev–Trinajstić information content (AvgIpc) is 3.06. The van der Waals surface area contributed by atoms with Crippen molar-refractivity contribution in [2.45, 2.75) is 39.5 Å². The Morgan fingerprint density at radius 1 is 1.40 bits per heavy atom. The minimum absolute atomic E-state index is 0.249. The van der Waals surface area contributed by atoms with Crippen LogP contribution >= 0.6 is 11.3 Å². The lowest BCUT2D eigenvalue weighted by molar-refractivity contribution is 0.0612. The predicted octanol–water partition coefficient (Wildman–Crippen LogP) is 2.83. The molecule has 1 aromatic rings. The highest BCUT2D eigenvalue weighted by molar-refractivity contribution is 7.14. The molecule has 3 nitrogen and oxygen atoms in total. The highest BCUT2D eigenvalue weighted by atomic mass is 32.1. The van der Waals surface area contributed by atoms with Crippen molar-refractivity contribution in [2.75, 3.05) is 26.2 Å². The number of hydrogen-bond donors (Lipinski definition) is 1. The van der Waals surface area contributed by atoms with Crippen molar-refractivity contribution in [2.24, 2.45) is 5.41 Å². The summed E-state index contributed by atoms with van der Waals surface area (Å²) < 4.78 is 0. The van der Waals surface area contributed by atoms with Gasteiger partial charge in [-0.2, -0.15) is 0 Å². The van der Waals surface area contributed by atoms with Crippen molar-refractivity contribution in [1.29, 1.82) is 0 Å². The van der Waals surface area contributed by atoms with E-state index in [-0.39, 0.29) is 5.91 Å². The maximum absolute atomic E-state index is 12.6. The van der Waals surface area contributed by atoms with Gasteiger partial charge in [0.25, 0.3) is 5.91 Å². The fraction of sp³-hybridized carbons (Fsp3) is 0.688. The van der Waals surface area contributed by atoms with Crippen molar-refractivity contribution in [3.05, 3.63) is 21.4 Å². The van der Waals surface area contributed by atoms with Gasteiger partial charge in [-0.1, -0.05) is 6.92 Å². The number of carbonyl (C=O) groups excluding carboxylic acids is 1. The van der Waals surface area contributed by atoms with Gasteiger partial charge in [0.2, 0.25) is 0 Å². The van der Waals surface area contributed by atoms with Gasteiger partial charge in [0.1, 0.15) is 0 Å². The number of piperidine rings is 1. The maximum atomic E-state index is 12.6. The van der Waals surface area contributed by atoms with E-state index in [4.69, 9.17) is 0 Å². The summed E-state index contributed by atoms with van der Waals surface area (Å²) in [5, 5.41) is 3.48. The van der Waals surface area contributed by atoms with E-state index in [0.717, 1.165) is 50.3 Å². The number of hydrogen-bond acceptors (Lipinski definition) is 3. The molecule has 0 unspecified atom stereocenters. The number of amides is 1. The van der Waals surface area contributed by atoms with E-state index in [1.54, 1.807) is 11.3 Å². The summed E-state index contributed by atoms with van der Waals surface area (Å²) in [6, 6.07) is 2.08. The van der Waals surface area contributed by atoms with Crippen molar-refractivity contribution < 1.29 is 4.79 Å². The lowest BCUT2D eigenvalue weighted by atomic mass is 9.78. The average molecular weight is 292 g/mol. The number of rotatable bonds is 2. The van der Waals surface area contributed by atoms with Gasteiger partial charge in [0, 0.05) is 24.5 Å². The molecule has 0 aliphatic carbocycles.